The van der Waals surface area contributed by atoms with Crippen LogP contribution >= 0.6 is 0 Å². The van der Waals surface area contributed by atoms with E-state index in [0.717, 1.165) is 65.3 Å². The molecular formula is C28H31N3O3. The lowest BCUT2D eigenvalue weighted by molar-refractivity contribution is -0.218. The Morgan fingerprint density at radius 2 is 1.76 bits per heavy atom. The van der Waals surface area contributed by atoms with Gasteiger partial charge < -0.3 is 25.0 Å². The molecule has 3 aromatic rings. The van der Waals surface area contributed by atoms with Crippen LogP contribution in [0.1, 0.15) is 24.0 Å². The number of nitrogens with one attached hydrogen (secondary N) is 2. The first-order valence-electron chi connectivity index (χ1n) is 11.8. The summed E-state index contributed by atoms with van der Waals surface area (Å²) >= 11 is 0. The van der Waals surface area contributed by atoms with Gasteiger partial charge in [0, 0.05) is 57.0 Å². The quantitative estimate of drug-likeness (QED) is 0.587. The van der Waals surface area contributed by atoms with Gasteiger partial charge in [-0.2, -0.15) is 0 Å². The highest BCUT2D eigenvalue weighted by Crippen LogP contribution is 2.38. The van der Waals surface area contributed by atoms with E-state index in [1.807, 2.05) is 67.5 Å². The third-order valence-corrected chi connectivity index (χ3v) is 6.51. The summed E-state index contributed by atoms with van der Waals surface area (Å²) in [5.41, 5.74) is 6.05. The highest BCUT2D eigenvalue weighted by atomic mass is 16.7. The summed E-state index contributed by atoms with van der Waals surface area (Å²) in [6.07, 6.45) is 2.05. The Morgan fingerprint density at radius 1 is 1.00 bits per heavy atom. The number of piperidine rings is 1. The number of anilines is 2. The van der Waals surface area contributed by atoms with E-state index in [0.29, 0.717) is 13.0 Å². The molecule has 1 saturated heterocycles. The van der Waals surface area contributed by atoms with Crippen LogP contribution < -0.4 is 20.3 Å². The van der Waals surface area contributed by atoms with Crippen LogP contribution in [0.4, 0.5) is 11.4 Å². The number of amides is 1. The van der Waals surface area contributed by atoms with Crippen molar-refractivity contribution >= 4 is 17.3 Å². The molecule has 3 aromatic carbocycles. The van der Waals surface area contributed by atoms with Gasteiger partial charge in [-0.05, 0) is 53.1 Å². The molecule has 6 heteroatoms. The molecule has 0 aliphatic carbocycles. The Kier molecular flexibility index (Phi) is 6.26. The molecule has 2 aliphatic heterocycles. The molecule has 1 fully saturated rings. The fourth-order valence-electron chi connectivity index (χ4n) is 4.54. The van der Waals surface area contributed by atoms with E-state index in [4.69, 9.17) is 9.47 Å². The van der Waals surface area contributed by atoms with Crippen molar-refractivity contribution in [2.45, 2.75) is 31.7 Å². The Labute approximate surface area is 200 Å². The number of rotatable bonds is 5. The van der Waals surface area contributed by atoms with Gasteiger partial charge in [-0.3, -0.25) is 4.79 Å². The summed E-state index contributed by atoms with van der Waals surface area (Å²) in [5.74, 6) is 0.382. The van der Waals surface area contributed by atoms with Crippen molar-refractivity contribution in [3.63, 3.8) is 0 Å². The molecule has 1 spiro atoms. The largest absolute Gasteiger partial charge is 0.462 e. The molecule has 34 heavy (non-hydrogen) atoms. The minimum Gasteiger partial charge on any atom is -0.462 e. The van der Waals surface area contributed by atoms with Gasteiger partial charge in [0.15, 0.2) is 0 Å². The molecule has 5 rings (SSSR count). The van der Waals surface area contributed by atoms with Gasteiger partial charge in [0.25, 0.3) is 0 Å². The third kappa shape index (κ3) is 4.93. The Balaban J connectivity index is 1.26. The lowest BCUT2D eigenvalue weighted by Crippen LogP contribution is -2.49. The predicted octanol–water partition coefficient (Wildman–Crippen LogP) is 4.59. The summed E-state index contributed by atoms with van der Waals surface area (Å²) in [7, 11) is 4.00. The van der Waals surface area contributed by atoms with Crippen molar-refractivity contribution < 1.29 is 14.3 Å². The highest BCUT2D eigenvalue weighted by Gasteiger charge is 2.38. The second-order valence-corrected chi connectivity index (χ2v) is 9.24. The van der Waals surface area contributed by atoms with Gasteiger partial charge in [0.2, 0.25) is 11.7 Å². The first kappa shape index (κ1) is 22.4. The zero-order chi connectivity index (χ0) is 23.5. The molecule has 0 atom stereocenters. The van der Waals surface area contributed by atoms with Crippen molar-refractivity contribution in [3.05, 3.63) is 77.9 Å². The average molecular weight is 458 g/mol. The summed E-state index contributed by atoms with van der Waals surface area (Å²) in [5, 5.41) is 6.39. The minimum absolute atomic E-state index is 0.0331. The number of nitrogens with zero attached hydrogens (tertiary/aromatic N) is 1. The standard InChI is InChI=1S/C28H31N3O3/c1-31(2)25-9-6-20(7-10-25)16-27(32)30-24-5-3-4-21(18-24)22-8-11-26-23(17-22)19-33-28(34-26)12-14-29-15-13-28/h3-11,17-18,29H,12-16,19H2,1-2H3,(H,30,32). The number of ether oxygens (including phenoxy) is 2. The Bertz CT molecular complexity index is 1170. The fourth-order valence-corrected chi connectivity index (χ4v) is 4.54. The number of fused-ring (bicyclic) bond motifs is 1. The van der Waals surface area contributed by atoms with E-state index in [-0.39, 0.29) is 5.91 Å². The third-order valence-electron chi connectivity index (χ3n) is 6.51. The summed E-state index contributed by atoms with van der Waals surface area (Å²) in [4.78, 5) is 14.7. The van der Waals surface area contributed by atoms with Crippen molar-refractivity contribution in [1.82, 2.24) is 5.32 Å². The van der Waals surface area contributed by atoms with Crippen LogP contribution in [0.3, 0.4) is 0 Å². The maximum atomic E-state index is 12.6. The van der Waals surface area contributed by atoms with Gasteiger partial charge >= 0.3 is 0 Å². The first-order chi connectivity index (χ1) is 16.5. The van der Waals surface area contributed by atoms with E-state index >= 15 is 0 Å². The zero-order valence-electron chi connectivity index (χ0n) is 19.8. The van der Waals surface area contributed by atoms with E-state index in [2.05, 4.69) is 28.8 Å². The van der Waals surface area contributed by atoms with Gasteiger partial charge in [-0.15, -0.1) is 0 Å². The smallest absolute Gasteiger partial charge is 0.228 e. The van der Waals surface area contributed by atoms with E-state index in [1.54, 1.807) is 0 Å². The van der Waals surface area contributed by atoms with Crippen LogP contribution in [0.5, 0.6) is 5.75 Å². The number of benzene rings is 3. The predicted molar refractivity (Wildman–Crippen MR) is 135 cm³/mol. The zero-order valence-corrected chi connectivity index (χ0v) is 19.8. The van der Waals surface area contributed by atoms with Crippen molar-refractivity contribution in [3.8, 4) is 16.9 Å². The fraction of sp³-hybridized carbons (Fsp3) is 0.321. The highest BCUT2D eigenvalue weighted by molar-refractivity contribution is 5.93. The number of carbonyl (C=O) groups is 1. The second-order valence-electron chi connectivity index (χ2n) is 9.24. The Hall–Kier alpha value is -3.35. The lowest BCUT2D eigenvalue weighted by atomic mass is 9.99. The molecular weight excluding hydrogens is 426 g/mol. The van der Waals surface area contributed by atoms with Crippen molar-refractivity contribution in [2.24, 2.45) is 0 Å². The van der Waals surface area contributed by atoms with Crippen LogP contribution in [0, 0.1) is 0 Å². The molecule has 0 unspecified atom stereocenters. The van der Waals surface area contributed by atoms with Crippen LogP contribution in [0.2, 0.25) is 0 Å². The van der Waals surface area contributed by atoms with Crippen LogP contribution in [0.25, 0.3) is 11.1 Å². The van der Waals surface area contributed by atoms with Crippen LogP contribution in [-0.4, -0.2) is 38.9 Å². The maximum absolute atomic E-state index is 12.6. The second kappa shape index (κ2) is 9.49. The number of hydrogen-bond acceptors (Lipinski definition) is 5. The lowest BCUT2D eigenvalue weighted by Gasteiger charge is -2.41. The molecule has 6 nitrogen and oxygen atoms in total. The summed E-state index contributed by atoms with van der Waals surface area (Å²) < 4.78 is 12.4. The molecule has 0 radical (unpaired) electrons. The summed E-state index contributed by atoms with van der Waals surface area (Å²) in [6, 6.07) is 22.2. The number of carbonyl (C=O) groups excluding carboxylic acids is 1. The topological polar surface area (TPSA) is 62.8 Å². The number of hydrogen-bond donors (Lipinski definition) is 2. The van der Waals surface area contributed by atoms with Crippen LogP contribution in [0.15, 0.2) is 66.7 Å². The molecule has 1 amide bonds. The van der Waals surface area contributed by atoms with E-state index in [9.17, 15) is 4.79 Å². The SMILES string of the molecule is CN(C)c1ccc(CC(=O)Nc2cccc(-c3ccc4c(c3)COC3(CCNCC3)O4)c2)cc1. The van der Waals surface area contributed by atoms with Crippen molar-refractivity contribution in [1.29, 1.82) is 0 Å². The Morgan fingerprint density at radius 3 is 2.53 bits per heavy atom. The van der Waals surface area contributed by atoms with E-state index < -0.39 is 5.79 Å². The monoisotopic (exact) mass is 457 g/mol. The summed E-state index contributed by atoms with van der Waals surface area (Å²) in [6.45, 7) is 2.37. The van der Waals surface area contributed by atoms with Gasteiger partial charge in [-0.1, -0.05) is 30.3 Å². The van der Waals surface area contributed by atoms with E-state index in [1.165, 1.54) is 0 Å². The van der Waals surface area contributed by atoms with Crippen molar-refractivity contribution in [2.75, 3.05) is 37.4 Å². The van der Waals surface area contributed by atoms with Gasteiger partial charge in [0.1, 0.15) is 5.75 Å². The molecule has 0 aromatic heterocycles. The molecule has 2 N–H and O–H groups in total. The molecule has 2 aliphatic rings. The molecule has 0 bridgehead atoms. The van der Waals surface area contributed by atoms with Crippen LogP contribution in [-0.2, 0) is 22.6 Å². The molecule has 0 saturated carbocycles. The van der Waals surface area contributed by atoms with Gasteiger partial charge in [0.05, 0.1) is 13.0 Å². The molecule has 2 heterocycles. The average Bonchev–Trinajstić information content (AvgIpc) is 2.84. The first-order valence-corrected chi connectivity index (χ1v) is 11.8. The normalized spacial score (nSPS) is 16.4. The van der Waals surface area contributed by atoms with Gasteiger partial charge in [-0.25, -0.2) is 0 Å². The maximum Gasteiger partial charge on any atom is 0.228 e. The molecule has 176 valence electrons. The minimum atomic E-state index is -0.489.